The van der Waals surface area contributed by atoms with Gasteiger partial charge in [0.2, 0.25) is 0 Å². The van der Waals surface area contributed by atoms with E-state index in [9.17, 15) is 4.79 Å². The van der Waals surface area contributed by atoms with Gasteiger partial charge in [0.05, 0.1) is 10.3 Å². The second-order valence-corrected chi connectivity index (χ2v) is 10.9. The lowest BCUT2D eigenvalue weighted by molar-refractivity contribution is 0.0947. The van der Waals surface area contributed by atoms with E-state index in [1.165, 1.54) is 30.6 Å². The highest BCUT2D eigenvalue weighted by atomic mass is 32.1. The highest BCUT2D eigenvalue weighted by molar-refractivity contribution is 7.20. The molecule has 1 spiro atoms. The van der Waals surface area contributed by atoms with Crippen molar-refractivity contribution < 1.29 is 4.79 Å². The third-order valence-corrected chi connectivity index (χ3v) is 9.27. The molecule has 3 aromatic heterocycles. The lowest BCUT2D eigenvalue weighted by Gasteiger charge is -2.20. The van der Waals surface area contributed by atoms with E-state index in [1.54, 1.807) is 6.33 Å². The second kappa shape index (κ2) is 7.90. The van der Waals surface area contributed by atoms with Crippen molar-refractivity contribution in [2.45, 2.75) is 32.6 Å². The van der Waals surface area contributed by atoms with E-state index < -0.39 is 0 Å². The van der Waals surface area contributed by atoms with Crippen LogP contribution in [0.25, 0.3) is 10.2 Å². The molecule has 33 heavy (non-hydrogen) atoms. The number of fused-ring (bicyclic) bond motifs is 1. The zero-order valence-corrected chi connectivity index (χ0v) is 19.9. The van der Waals surface area contributed by atoms with E-state index >= 15 is 0 Å². The summed E-state index contributed by atoms with van der Waals surface area (Å²) in [5.41, 5.74) is 2.59. The highest BCUT2D eigenvalue weighted by Crippen LogP contribution is 2.69. The topological polar surface area (TPSA) is 71.0 Å². The van der Waals surface area contributed by atoms with E-state index in [0.717, 1.165) is 57.6 Å². The standard InChI is InChI=1S/C26H29N5OS/c1-16-21-23(31(2)12-8-19-5-3-4-11-27-19)29-15-30-25(21)33-22(16)24(32)28-14-17-13-18-6-7-20(17)26(18)9-10-26/h3-7,11,15,17-18,20H,8-10,12-14H2,1-2H3,(H,28,32)/t17-,18+,20-/m0/s1. The average Bonchev–Trinajstić information content (AvgIpc) is 3.39. The number of nitrogens with one attached hydrogen (secondary N) is 1. The molecule has 2 bridgehead atoms. The zero-order chi connectivity index (χ0) is 22.6. The van der Waals surface area contributed by atoms with Crippen molar-refractivity contribution in [1.29, 1.82) is 0 Å². The van der Waals surface area contributed by atoms with Gasteiger partial charge in [-0.25, -0.2) is 9.97 Å². The number of thiophene rings is 1. The first-order valence-electron chi connectivity index (χ1n) is 11.9. The Bertz CT molecular complexity index is 1230. The van der Waals surface area contributed by atoms with Crippen molar-refractivity contribution in [1.82, 2.24) is 20.3 Å². The van der Waals surface area contributed by atoms with Crippen LogP contribution < -0.4 is 10.2 Å². The summed E-state index contributed by atoms with van der Waals surface area (Å²) in [6.45, 7) is 3.58. The number of carbonyl (C=O) groups excluding carboxylic acids is 1. The van der Waals surface area contributed by atoms with E-state index in [-0.39, 0.29) is 5.91 Å². The summed E-state index contributed by atoms with van der Waals surface area (Å²) in [7, 11) is 2.04. The van der Waals surface area contributed by atoms with Crippen LogP contribution in [0.2, 0.25) is 0 Å². The van der Waals surface area contributed by atoms with E-state index in [1.807, 2.05) is 38.4 Å². The molecule has 0 aliphatic heterocycles. The number of amides is 1. The third kappa shape index (κ3) is 3.44. The van der Waals surface area contributed by atoms with Crippen molar-refractivity contribution >= 4 is 33.3 Å². The Morgan fingerprint density at radius 3 is 2.88 bits per heavy atom. The van der Waals surface area contributed by atoms with Gasteiger partial charge < -0.3 is 10.2 Å². The van der Waals surface area contributed by atoms with Gasteiger partial charge in [-0.1, -0.05) is 18.2 Å². The molecule has 6 rings (SSSR count). The predicted octanol–water partition coefficient (Wildman–Crippen LogP) is 4.41. The Hall–Kier alpha value is -2.80. The normalized spacial score (nSPS) is 24.0. The van der Waals surface area contributed by atoms with Crippen LogP contribution in [-0.4, -0.2) is 41.0 Å². The van der Waals surface area contributed by atoms with E-state index in [0.29, 0.717) is 17.3 Å². The van der Waals surface area contributed by atoms with Gasteiger partial charge in [-0.3, -0.25) is 9.78 Å². The first-order chi connectivity index (χ1) is 16.1. The number of aryl methyl sites for hydroxylation is 1. The Morgan fingerprint density at radius 2 is 2.12 bits per heavy atom. The first kappa shape index (κ1) is 20.8. The number of pyridine rings is 1. The van der Waals surface area contributed by atoms with Crippen LogP contribution in [0.15, 0.2) is 42.9 Å². The molecule has 3 aliphatic rings. The molecule has 3 aromatic rings. The van der Waals surface area contributed by atoms with Gasteiger partial charge in [0.15, 0.2) is 0 Å². The summed E-state index contributed by atoms with van der Waals surface area (Å²) in [5, 5.41) is 4.24. The van der Waals surface area contributed by atoms with Crippen molar-refractivity contribution in [3.8, 4) is 0 Å². The van der Waals surface area contributed by atoms with Crippen molar-refractivity contribution in [2.24, 2.45) is 23.2 Å². The maximum Gasteiger partial charge on any atom is 0.261 e. The lowest BCUT2D eigenvalue weighted by Crippen LogP contribution is -2.31. The number of nitrogens with zero attached hydrogens (tertiary/aromatic N) is 4. The zero-order valence-electron chi connectivity index (χ0n) is 19.1. The molecule has 3 atom stereocenters. The van der Waals surface area contributed by atoms with Crippen LogP contribution in [0.4, 0.5) is 5.82 Å². The number of hydrogen-bond acceptors (Lipinski definition) is 6. The molecular weight excluding hydrogens is 430 g/mol. The van der Waals surface area contributed by atoms with Gasteiger partial charge in [-0.2, -0.15) is 0 Å². The predicted molar refractivity (Wildman–Crippen MR) is 132 cm³/mol. The molecule has 3 heterocycles. The second-order valence-electron chi connectivity index (χ2n) is 9.88. The fraction of sp³-hybridized carbons (Fsp3) is 0.462. The van der Waals surface area contributed by atoms with E-state index in [4.69, 9.17) is 0 Å². The van der Waals surface area contributed by atoms with Gasteiger partial charge >= 0.3 is 0 Å². The Kier molecular flexibility index (Phi) is 4.98. The molecule has 0 radical (unpaired) electrons. The minimum absolute atomic E-state index is 0.0224. The minimum atomic E-state index is 0.0224. The molecule has 1 N–H and O–H groups in total. The summed E-state index contributed by atoms with van der Waals surface area (Å²) in [5.74, 6) is 2.88. The van der Waals surface area contributed by atoms with Crippen molar-refractivity contribution in [2.75, 3.05) is 25.0 Å². The maximum absolute atomic E-state index is 13.2. The number of allylic oxidation sites excluding steroid dienone is 2. The fourth-order valence-corrected chi connectivity index (χ4v) is 7.21. The van der Waals surface area contributed by atoms with Crippen LogP contribution in [0.3, 0.4) is 0 Å². The molecule has 2 fully saturated rings. The Labute approximate surface area is 198 Å². The quantitative estimate of drug-likeness (QED) is 0.530. The third-order valence-electron chi connectivity index (χ3n) is 8.07. The van der Waals surface area contributed by atoms with Crippen LogP contribution in [0, 0.1) is 30.1 Å². The maximum atomic E-state index is 13.2. The summed E-state index contributed by atoms with van der Waals surface area (Å²) in [6, 6.07) is 5.98. The smallest absolute Gasteiger partial charge is 0.261 e. The molecule has 0 unspecified atom stereocenters. The number of aromatic nitrogens is 3. The minimum Gasteiger partial charge on any atom is -0.359 e. The van der Waals surface area contributed by atoms with Crippen molar-refractivity contribution in [3.63, 3.8) is 0 Å². The summed E-state index contributed by atoms with van der Waals surface area (Å²) in [6.07, 6.45) is 13.1. The van der Waals surface area contributed by atoms with E-state index in [2.05, 4.69) is 37.3 Å². The summed E-state index contributed by atoms with van der Waals surface area (Å²) >= 11 is 1.47. The van der Waals surface area contributed by atoms with Crippen molar-refractivity contribution in [3.05, 3.63) is 59.0 Å². The molecule has 0 saturated heterocycles. The highest BCUT2D eigenvalue weighted by Gasteiger charge is 2.62. The Balaban J connectivity index is 1.17. The number of hydrogen-bond donors (Lipinski definition) is 1. The number of rotatable bonds is 7. The fourth-order valence-electron chi connectivity index (χ4n) is 6.15. The molecule has 7 heteroatoms. The lowest BCUT2D eigenvalue weighted by atomic mass is 9.89. The largest absolute Gasteiger partial charge is 0.359 e. The van der Waals surface area contributed by atoms with Gasteiger partial charge in [-0.05, 0) is 67.1 Å². The monoisotopic (exact) mass is 459 g/mol. The number of anilines is 1. The molecule has 0 aromatic carbocycles. The summed E-state index contributed by atoms with van der Waals surface area (Å²) < 4.78 is 0. The summed E-state index contributed by atoms with van der Waals surface area (Å²) in [4.78, 5) is 30.4. The molecular formula is C26H29N5OS. The van der Waals surface area contributed by atoms with Crippen LogP contribution >= 0.6 is 11.3 Å². The average molecular weight is 460 g/mol. The SMILES string of the molecule is Cc1c(C(=O)NC[C@@H]2C[C@H]3C=C[C@@H]2C32CC2)sc2ncnc(N(C)CCc3ccccn3)c12. The number of carbonyl (C=O) groups is 1. The van der Waals surface area contributed by atoms with Gasteiger partial charge in [0, 0.05) is 38.4 Å². The first-order valence-corrected chi connectivity index (χ1v) is 12.7. The molecule has 3 aliphatic carbocycles. The molecule has 1 amide bonds. The molecule has 170 valence electrons. The van der Waals surface area contributed by atoms with Crippen LogP contribution in [-0.2, 0) is 6.42 Å². The number of likely N-dealkylation sites (N-methyl/N-ethyl adjacent to an activating group) is 1. The molecule has 6 nitrogen and oxygen atoms in total. The van der Waals surface area contributed by atoms with Gasteiger partial charge in [0.25, 0.3) is 5.91 Å². The van der Waals surface area contributed by atoms with Crippen LogP contribution in [0.1, 0.15) is 40.2 Å². The van der Waals surface area contributed by atoms with Crippen LogP contribution in [0.5, 0.6) is 0 Å². The van der Waals surface area contributed by atoms with Gasteiger partial charge in [-0.15, -0.1) is 11.3 Å². The Morgan fingerprint density at radius 1 is 1.24 bits per heavy atom. The molecule has 2 saturated carbocycles. The van der Waals surface area contributed by atoms with Gasteiger partial charge in [0.1, 0.15) is 17.0 Å².